The maximum atomic E-state index is 12.6. The smallest absolute Gasteiger partial charge is 0.339 e. The molecule has 0 saturated carbocycles. The monoisotopic (exact) mass is 406 g/mol. The second-order valence-corrected chi connectivity index (χ2v) is 7.47. The van der Waals surface area contributed by atoms with Crippen LogP contribution in [-0.2, 0) is 19.5 Å². The van der Waals surface area contributed by atoms with Gasteiger partial charge in [-0.1, -0.05) is 0 Å². The summed E-state index contributed by atoms with van der Waals surface area (Å²) in [5.74, 6) is -1.06. The molecule has 2 N–H and O–H groups in total. The third-order valence-electron chi connectivity index (χ3n) is 4.10. The molecule has 0 radical (unpaired) electrons. The minimum atomic E-state index is -3.98. The molecule has 26 heavy (non-hydrogen) atoms. The van der Waals surface area contributed by atoms with Crippen LogP contribution in [0.3, 0.4) is 0 Å². The Labute approximate surface area is 159 Å². The summed E-state index contributed by atoms with van der Waals surface area (Å²) in [4.78, 5) is 23.2. The highest BCUT2D eigenvalue weighted by Gasteiger charge is 2.25. The number of sulfonamides is 1. The van der Waals surface area contributed by atoms with E-state index in [0.29, 0.717) is 12.3 Å². The highest BCUT2D eigenvalue weighted by molar-refractivity contribution is 7.89. The van der Waals surface area contributed by atoms with E-state index in [-0.39, 0.29) is 35.0 Å². The van der Waals surface area contributed by atoms with Gasteiger partial charge in [0.05, 0.1) is 30.2 Å². The molecule has 1 unspecified atom stereocenters. The standard InChI is InChI=1S/C16H22N2O6S.ClH/c1-23-15(19)12-3-4-13(16(20)24-2)14(9-12)25(21,22)18-8-6-11-5-7-17-10-11;/h3-4,9,11,17-18H,5-8,10H2,1-2H3;1H. The van der Waals surface area contributed by atoms with Gasteiger partial charge in [-0.3, -0.25) is 0 Å². The Morgan fingerprint density at radius 1 is 1.23 bits per heavy atom. The average Bonchev–Trinajstić information content (AvgIpc) is 3.13. The molecule has 0 spiro atoms. The third-order valence-corrected chi connectivity index (χ3v) is 5.61. The lowest BCUT2D eigenvalue weighted by Gasteiger charge is -2.13. The Morgan fingerprint density at radius 3 is 2.50 bits per heavy atom. The fourth-order valence-corrected chi connectivity index (χ4v) is 3.97. The fraction of sp³-hybridized carbons (Fsp3) is 0.500. The van der Waals surface area contributed by atoms with Gasteiger partial charge in [-0.15, -0.1) is 12.4 Å². The summed E-state index contributed by atoms with van der Waals surface area (Å²) < 4.78 is 37.0. The topological polar surface area (TPSA) is 111 Å². The molecule has 1 aromatic rings. The van der Waals surface area contributed by atoms with Crippen LogP contribution in [0.2, 0.25) is 0 Å². The Balaban J connectivity index is 0.00000338. The second kappa shape index (κ2) is 9.86. The van der Waals surface area contributed by atoms with E-state index in [2.05, 4.69) is 19.5 Å². The third kappa shape index (κ3) is 5.41. The summed E-state index contributed by atoms with van der Waals surface area (Å²) in [7, 11) is -1.63. The van der Waals surface area contributed by atoms with Gasteiger partial charge in [-0.25, -0.2) is 22.7 Å². The van der Waals surface area contributed by atoms with Crippen molar-refractivity contribution in [3.8, 4) is 0 Å². The lowest BCUT2D eigenvalue weighted by atomic mass is 10.1. The van der Waals surface area contributed by atoms with E-state index >= 15 is 0 Å². The van der Waals surface area contributed by atoms with Gasteiger partial charge in [0.15, 0.2) is 0 Å². The summed E-state index contributed by atoms with van der Waals surface area (Å²) >= 11 is 0. The maximum Gasteiger partial charge on any atom is 0.339 e. The zero-order chi connectivity index (χ0) is 18.4. The zero-order valence-corrected chi connectivity index (χ0v) is 16.2. The Hall–Kier alpha value is -1.68. The summed E-state index contributed by atoms with van der Waals surface area (Å²) in [5, 5.41) is 3.22. The van der Waals surface area contributed by atoms with E-state index in [1.807, 2.05) is 0 Å². The highest BCUT2D eigenvalue weighted by atomic mass is 35.5. The van der Waals surface area contributed by atoms with Crippen LogP contribution >= 0.6 is 12.4 Å². The molecule has 0 aliphatic carbocycles. The van der Waals surface area contributed by atoms with Crippen molar-refractivity contribution in [3.63, 3.8) is 0 Å². The predicted molar refractivity (Wildman–Crippen MR) is 97.2 cm³/mol. The average molecular weight is 407 g/mol. The number of hydrogen-bond donors (Lipinski definition) is 2. The largest absolute Gasteiger partial charge is 0.465 e. The molecule has 1 saturated heterocycles. The number of nitrogens with one attached hydrogen (secondary N) is 2. The minimum absolute atomic E-state index is 0. The van der Waals surface area contributed by atoms with Gasteiger partial charge >= 0.3 is 11.9 Å². The number of ether oxygens (including phenoxy) is 2. The SMILES string of the molecule is COC(=O)c1ccc(C(=O)OC)c(S(=O)(=O)NCCC2CCNC2)c1.Cl. The number of methoxy groups -OCH3 is 2. The molecule has 1 aliphatic heterocycles. The summed E-state index contributed by atoms with van der Waals surface area (Å²) in [6.07, 6.45) is 1.70. The first-order valence-corrected chi connectivity index (χ1v) is 9.38. The van der Waals surface area contributed by atoms with Crippen LogP contribution in [0.1, 0.15) is 33.6 Å². The summed E-state index contributed by atoms with van der Waals surface area (Å²) in [5.41, 5.74) is -0.0966. The van der Waals surface area contributed by atoms with Crippen molar-refractivity contribution >= 4 is 34.4 Å². The molecule has 0 amide bonds. The van der Waals surface area contributed by atoms with Gasteiger partial charge in [-0.05, 0) is 50.0 Å². The number of esters is 2. The molecular weight excluding hydrogens is 384 g/mol. The van der Waals surface area contributed by atoms with Crippen molar-refractivity contribution in [2.45, 2.75) is 17.7 Å². The number of carbonyl (C=O) groups is 2. The van der Waals surface area contributed by atoms with Crippen LogP contribution in [0, 0.1) is 5.92 Å². The maximum absolute atomic E-state index is 12.6. The lowest BCUT2D eigenvalue weighted by molar-refractivity contribution is 0.0583. The van der Waals surface area contributed by atoms with Crippen molar-refractivity contribution < 1.29 is 27.5 Å². The van der Waals surface area contributed by atoms with Gasteiger partial charge < -0.3 is 14.8 Å². The highest BCUT2D eigenvalue weighted by Crippen LogP contribution is 2.20. The van der Waals surface area contributed by atoms with Crippen LogP contribution in [0.25, 0.3) is 0 Å². The van der Waals surface area contributed by atoms with Crippen molar-refractivity contribution in [3.05, 3.63) is 29.3 Å². The quantitative estimate of drug-likeness (QED) is 0.649. The molecular formula is C16H23ClN2O6S. The number of hydrogen-bond acceptors (Lipinski definition) is 7. The number of rotatable bonds is 7. The van der Waals surface area contributed by atoms with Crippen LogP contribution in [0.15, 0.2) is 23.1 Å². The predicted octanol–water partition coefficient (Wildman–Crippen LogP) is 0.960. The van der Waals surface area contributed by atoms with Gasteiger partial charge in [0.2, 0.25) is 10.0 Å². The van der Waals surface area contributed by atoms with E-state index in [0.717, 1.165) is 32.7 Å². The number of benzene rings is 1. The van der Waals surface area contributed by atoms with Crippen LogP contribution in [-0.4, -0.2) is 54.2 Å². The molecule has 1 aromatic carbocycles. The van der Waals surface area contributed by atoms with Crippen molar-refractivity contribution in [1.82, 2.24) is 10.0 Å². The van der Waals surface area contributed by atoms with Gasteiger partial charge in [0.25, 0.3) is 0 Å². The molecule has 1 atom stereocenters. The minimum Gasteiger partial charge on any atom is -0.465 e. The van der Waals surface area contributed by atoms with Crippen LogP contribution in [0.4, 0.5) is 0 Å². The molecule has 1 aliphatic rings. The molecule has 10 heteroatoms. The normalized spacial score (nSPS) is 16.6. The molecule has 146 valence electrons. The van der Waals surface area contributed by atoms with Crippen LogP contribution in [0.5, 0.6) is 0 Å². The van der Waals surface area contributed by atoms with Crippen molar-refractivity contribution in [2.75, 3.05) is 33.9 Å². The fourth-order valence-electron chi connectivity index (χ4n) is 2.70. The number of halogens is 1. The van der Waals surface area contributed by atoms with Gasteiger partial charge in [-0.2, -0.15) is 0 Å². The summed E-state index contributed by atoms with van der Waals surface area (Å²) in [6, 6.07) is 3.69. The summed E-state index contributed by atoms with van der Waals surface area (Å²) in [6.45, 7) is 2.05. The van der Waals surface area contributed by atoms with E-state index < -0.39 is 22.0 Å². The first-order valence-electron chi connectivity index (χ1n) is 7.90. The van der Waals surface area contributed by atoms with Crippen LogP contribution < -0.4 is 10.0 Å². The Kier molecular flexibility index (Phi) is 8.48. The first-order chi connectivity index (χ1) is 11.9. The zero-order valence-electron chi connectivity index (χ0n) is 14.6. The van der Waals surface area contributed by atoms with E-state index in [1.54, 1.807) is 0 Å². The number of carbonyl (C=O) groups excluding carboxylic acids is 2. The van der Waals surface area contributed by atoms with Crippen molar-refractivity contribution in [2.24, 2.45) is 5.92 Å². The van der Waals surface area contributed by atoms with Gasteiger partial charge in [0, 0.05) is 6.54 Å². The Bertz CT molecular complexity index is 747. The molecule has 1 heterocycles. The lowest BCUT2D eigenvalue weighted by Crippen LogP contribution is -2.28. The Morgan fingerprint density at radius 2 is 1.92 bits per heavy atom. The second-order valence-electron chi connectivity index (χ2n) is 5.74. The first kappa shape index (κ1) is 22.4. The molecule has 8 nitrogen and oxygen atoms in total. The molecule has 1 fully saturated rings. The molecule has 0 bridgehead atoms. The molecule has 2 rings (SSSR count). The van der Waals surface area contributed by atoms with Gasteiger partial charge in [0.1, 0.15) is 0 Å². The van der Waals surface area contributed by atoms with E-state index in [1.165, 1.54) is 19.2 Å². The van der Waals surface area contributed by atoms with E-state index in [9.17, 15) is 18.0 Å². The molecule has 0 aromatic heterocycles. The van der Waals surface area contributed by atoms with E-state index in [4.69, 9.17) is 0 Å². The van der Waals surface area contributed by atoms with Crippen molar-refractivity contribution in [1.29, 1.82) is 0 Å².